The van der Waals surface area contributed by atoms with Gasteiger partial charge in [-0.3, -0.25) is 4.79 Å². The first-order valence-corrected chi connectivity index (χ1v) is 10.2. The molecule has 1 aromatic heterocycles. The Labute approximate surface area is 170 Å². The number of hydrogen-bond donors (Lipinski definition) is 1. The summed E-state index contributed by atoms with van der Waals surface area (Å²) in [4.78, 5) is 21.7. The number of nitrogens with one attached hydrogen (secondary N) is 1. The Balaban J connectivity index is 1.77. The van der Waals surface area contributed by atoms with Gasteiger partial charge in [0.1, 0.15) is 0 Å². The highest BCUT2D eigenvalue weighted by Gasteiger charge is 2.28. The maximum atomic E-state index is 13.5. The Morgan fingerprint density at radius 2 is 1.79 bits per heavy atom. The highest BCUT2D eigenvalue weighted by molar-refractivity contribution is 6.33. The zero-order chi connectivity index (χ0) is 19.7. The maximum Gasteiger partial charge on any atom is 0.254 e. The Morgan fingerprint density at radius 1 is 1.11 bits per heavy atom. The number of nitrogens with zero attached hydrogens (tertiary/aromatic N) is 2. The molecule has 2 heterocycles. The van der Waals surface area contributed by atoms with E-state index in [9.17, 15) is 4.79 Å². The van der Waals surface area contributed by atoms with Crippen LogP contribution in [0.15, 0.2) is 54.6 Å². The van der Waals surface area contributed by atoms with Crippen LogP contribution >= 0.6 is 11.6 Å². The molecule has 1 saturated heterocycles. The number of halogens is 1. The van der Waals surface area contributed by atoms with Crippen molar-refractivity contribution in [3.63, 3.8) is 0 Å². The van der Waals surface area contributed by atoms with E-state index < -0.39 is 0 Å². The van der Waals surface area contributed by atoms with Crippen molar-refractivity contribution in [3.05, 3.63) is 65.2 Å². The van der Waals surface area contributed by atoms with Gasteiger partial charge in [-0.05, 0) is 18.2 Å². The van der Waals surface area contributed by atoms with E-state index >= 15 is 0 Å². The molecular formula is C23H25ClN3O+. The molecule has 0 aliphatic carbocycles. The number of carbonyl (C=O) groups excluding carboxylic acids is 1. The SMILES string of the molecule is CN(C(=O)c1cc(-c2ccccc2Cl)nc2ccccc12)C1CC[NH+](C)CC1. The molecule has 0 bridgehead atoms. The van der Waals surface area contributed by atoms with E-state index in [-0.39, 0.29) is 11.9 Å². The Bertz CT molecular complexity index is 1010. The number of amides is 1. The van der Waals surface area contributed by atoms with Gasteiger partial charge in [-0.25, -0.2) is 4.98 Å². The second kappa shape index (κ2) is 7.90. The third kappa shape index (κ3) is 3.62. The Morgan fingerprint density at radius 3 is 2.54 bits per heavy atom. The Kier molecular flexibility index (Phi) is 5.33. The van der Waals surface area contributed by atoms with Crippen LogP contribution in [-0.2, 0) is 0 Å². The number of pyridine rings is 1. The normalized spacial score (nSPS) is 19.5. The summed E-state index contributed by atoms with van der Waals surface area (Å²) >= 11 is 6.40. The van der Waals surface area contributed by atoms with Crippen molar-refractivity contribution in [2.45, 2.75) is 18.9 Å². The largest absolute Gasteiger partial charge is 0.338 e. The lowest BCUT2D eigenvalue weighted by atomic mass is 10.00. The molecule has 5 heteroatoms. The lowest BCUT2D eigenvalue weighted by molar-refractivity contribution is -0.885. The smallest absolute Gasteiger partial charge is 0.254 e. The fourth-order valence-electron chi connectivity index (χ4n) is 4.00. The predicted molar refractivity (Wildman–Crippen MR) is 114 cm³/mol. The minimum atomic E-state index is 0.0523. The molecule has 0 atom stereocenters. The molecule has 1 fully saturated rings. The van der Waals surface area contributed by atoms with Crippen LogP contribution in [0.3, 0.4) is 0 Å². The van der Waals surface area contributed by atoms with Gasteiger partial charge in [-0.1, -0.05) is 48.0 Å². The molecule has 1 aliphatic rings. The summed E-state index contributed by atoms with van der Waals surface area (Å²) in [5.41, 5.74) is 3.07. The molecule has 0 saturated carbocycles. The van der Waals surface area contributed by atoms with Crippen LogP contribution in [0.1, 0.15) is 23.2 Å². The van der Waals surface area contributed by atoms with Crippen molar-refractivity contribution in [2.75, 3.05) is 27.2 Å². The van der Waals surface area contributed by atoms with Crippen LogP contribution in [0.5, 0.6) is 0 Å². The summed E-state index contributed by atoms with van der Waals surface area (Å²) in [6, 6.07) is 17.6. The second-order valence-electron chi connectivity index (χ2n) is 7.66. The molecule has 4 rings (SSSR count). The molecule has 28 heavy (non-hydrogen) atoms. The molecular weight excluding hydrogens is 370 g/mol. The number of quaternary nitrogens is 1. The summed E-state index contributed by atoms with van der Waals surface area (Å²) < 4.78 is 0. The predicted octanol–water partition coefficient (Wildman–Crippen LogP) is 3.30. The average Bonchev–Trinajstić information content (AvgIpc) is 2.73. The van der Waals surface area contributed by atoms with Crippen molar-refractivity contribution in [1.82, 2.24) is 9.88 Å². The molecule has 1 N–H and O–H groups in total. The molecule has 1 aliphatic heterocycles. The fourth-order valence-corrected chi connectivity index (χ4v) is 4.23. The lowest BCUT2D eigenvalue weighted by Gasteiger charge is -2.33. The first-order valence-electron chi connectivity index (χ1n) is 9.77. The van der Waals surface area contributed by atoms with E-state index in [2.05, 4.69) is 7.05 Å². The van der Waals surface area contributed by atoms with Crippen molar-refractivity contribution in [2.24, 2.45) is 0 Å². The number of benzene rings is 2. The minimum Gasteiger partial charge on any atom is -0.338 e. The topological polar surface area (TPSA) is 37.6 Å². The number of hydrogen-bond acceptors (Lipinski definition) is 2. The first kappa shape index (κ1) is 18.9. The van der Waals surface area contributed by atoms with E-state index in [1.807, 2.05) is 66.5 Å². The van der Waals surface area contributed by atoms with Gasteiger partial charge in [0, 0.05) is 41.9 Å². The fraction of sp³-hybridized carbons (Fsp3) is 0.304. The second-order valence-corrected chi connectivity index (χ2v) is 8.06. The van der Waals surface area contributed by atoms with Crippen LogP contribution in [0, 0.1) is 0 Å². The van der Waals surface area contributed by atoms with Crippen LogP contribution < -0.4 is 4.90 Å². The number of fused-ring (bicyclic) bond motifs is 1. The molecule has 3 aromatic rings. The summed E-state index contributed by atoms with van der Waals surface area (Å²) in [7, 11) is 4.14. The number of likely N-dealkylation sites (tertiary alicyclic amines) is 1. The van der Waals surface area contributed by atoms with E-state index in [0.717, 1.165) is 48.1 Å². The molecule has 0 radical (unpaired) electrons. The summed E-state index contributed by atoms with van der Waals surface area (Å²) in [5, 5.41) is 1.52. The van der Waals surface area contributed by atoms with Gasteiger partial charge >= 0.3 is 0 Å². The van der Waals surface area contributed by atoms with E-state index in [4.69, 9.17) is 16.6 Å². The van der Waals surface area contributed by atoms with Gasteiger partial charge < -0.3 is 9.80 Å². The van der Waals surface area contributed by atoms with Crippen molar-refractivity contribution < 1.29 is 9.69 Å². The molecule has 4 nitrogen and oxygen atoms in total. The Hall–Kier alpha value is -2.43. The molecule has 0 unspecified atom stereocenters. The molecule has 2 aromatic carbocycles. The van der Waals surface area contributed by atoms with E-state index in [1.165, 1.54) is 4.90 Å². The molecule has 0 spiro atoms. The highest BCUT2D eigenvalue weighted by atomic mass is 35.5. The van der Waals surface area contributed by atoms with E-state index in [0.29, 0.717) is 10.6 Å². The van der Waals surface area contributed by atoms with Crippen molar-refractivity contribution >= 4 is 28.4 Å². The van der Waals surface area contributed by atoms with Crippen LogP contribution in [-0.4, -0.2) is 49.0 Å². The standard InChI is InChI=1S/C23H24ClN3O/c1-26-13-11-16(12-14-26)27(2)23(28)19-15-22(18-8-3-5-9-20(18)24)25-21-10-6-4-7-17(19)21/h3-10,15-16H,11-14H2,1-2H3/p+1. The van der Waals surface area contributed by atoms with Gasteiger partial charge in [0.05, 0.1) is 36.9 Å². The monoisotopic (exact) mass is 394 g/mol. The van der Waals surface area contributed by atoms with Crippen molar-refractivity contribution in [1.29, 1.82) is 0 Å². The third-order valence-corrected chi connectivity index (χ3v) is 6.10. The third-order valence-electron chi connectivity index (χ3n) is 5.77. The summed E-state index contributed by atoms with van der Waals surface area (Å²) in [5.74, 6) is 0.0523. The average molecular weight is 395 g/mol. The highest BCUT2D eigenvalue weighted by Crippen LogP contribution is 2.30. The zero-order valence-corrected chi connectivity index (χ0v) is 17.0. The summed E-state index contributed by atoms with van der Waals surface area (Å²) in [6.45, 7) is 2.20. The molecule has 144 valence electrons. The zero-order valence-electron chi connectivity index (χ0n) is 16.3. The van der Waals surface area contributed by atoms with Gasteiger partial charge in [0.15, 0.2) is 0 Å². The first-order chi connectivity index (χ1) is 13.5. The number of piperidine rings is 1. The molecule has 1 amide bonds. The van der Waals surface area contributed by atoms with Gasteiger partial charge in [-0.2, -0.15) is 0 Å². The van der Waals surface area contributed by atoms with Gasteiger partial charge in [0.25, 0.3) is 5.91 Å². The van der Waals surface area contributed by atoms with Crippen LogP contribution in [0.2, 0.25) is 5.02 Å². The van der Waals surface area contributed by atoms with Gasteiger partial charge in [0.2, 0.25) is 0 Å². The quantitative estimate of drug-likeness (QED) is 0.740. The number of rotatable bonds is 3. The van der Waals surface area contributed by atoms with Gasteiger partial charge in [-0.15, -0.1) is 0 Å². The van der Waals surface area contributed by atoms with Crippen molar-refractivity contribution in [3.8, 4) is 11.3 Å². The number of carbonyl (C=O) groups is 1. The van der Waals surface area contributed by atoms with Crippen LogP contribution in [0.25, 0.3) is 22.2 Å². The number of para-hydroxylation sites is 1. The van der Waals surface area contributed by atoms with E-state index in [1.54, 1.807) is 0 Å². The van der Waals surface area contributed by atoms with Crippen LogP contribution in [0.4, 0.5) is 0 Å². The maximum absolute atomic E-state index is 13.5. The lowest BCUT2D eigenvalue weighted by Crippen LogP contribution is -3.10. The summed E-state index contributed by atoms with van der Waals surface area (Å²) in [6.07, 6.45) is 2.07. The number of aromatic nitrogens is 1. The minimum absolute atomic E-state index is 0.0523.